The summed E-state index contributed by atoms with van der Waals surface area (Å²) in [5.74, 6) is 0.947. The van der Waals surface area contributed by atoms with Gasteiger partial charge in [-0.3, -0.25) is 9.88 Å². The molecule has 3 aromatic rings. The van der Waals surface area contributed by atoms with E-state index in [9.17, 15) is 0 Å². The van der Waals surface area contributed by atoms with E-state index in [1.807, 2.05) is 6.20 Å². The maximum atomic E-state index is 6.20. The molecule has 0 amide bonds. The van der Waals surface area contributed by atoms with Crippen LogP contribution in [0.5, 0.6) is 5.75 Å². The fraction of sp³-hybridized carbons (Fsp3) is 0.458. The lowest BCUT2D eigenvalue weighted by atomic mass is 10.1. The molecule has 0 saturated carbocycles. The second-order valence-corrected chi connectivity index (χ2v) is 8.45. The van der Waals surface area contributed by atoms with Crippen molar-refractivity contribution < 1.29 is 9.47 Å². The molecule has 0 bridgehead atoms. The molecule has 158 valence electrons. The Morgan fingerprint density at radius 1 is 1.07 bits per heavy atom. The van der Waals surface area contributed by atoms with Crippen LogP contribution in [-0.2, 0) is 11.3 Å². The molecule has 2 aliphatic heterocycles. The second-order valence-electron chi connectivity index (χ2n) is 8.45. The van der Waals surface area contributed by atoms with E-state index >= 15 is 0 Å². The molecule has 0 aliphatic carbocycles. The number of H-pyrrole nitrogens is 1. The summed E-state index contributed by atoms with van der Waals surface area (Å²) >= 11 is 0. The van der Waals surface area contributed by atoms with Crippen molar-refractivity contribution in [2.24, 2.45) is 0 Å². The summed E-state index contributed by atoms with van der Waals surface area (Å²) in [6.07, 6.45) is 4.39. The van der Waals surface area contributed by atoms with Crippen LogP contribution in [-0.4, -0.2) is 72.3 Å². The first-order chi connectivity index (χ1) is 14.7. The van der Waals surface area contributed by atoms with E-state index in [0.717, 1.165) is 81.3 Å². The average Bonchev–Trinajstić information content (AvgIpc) is 3.19. The number of aromatic amines is 1. The quantitative estimate of drug-likeness (QED) is 0.702. The first-order valence-electron chi connectivity index (χ1n) is 11.0. The van der Waals surface area contributed by atoms with E-state index in [-0.39, 0.29) is 0 Å². The minimum Gasteiger partial charge on any atom is -0.490 e. The van der Waals surface area contributed by atoms with Gasteiger partial charge in [0.05, 0.1) is 18.9 Å². The lowest BCUT2D eigenvalue weighted by molar-refractivity contribution is 0.0337. The molecule has 1 N–H and O–H groups in total. The van der Waals surface area contributed by atoms with Gasteiger partial charge in [-0.05, 0) is 56.3 Å². The van der Waals surface area contributed by atoms with Gasteiger partial charge < -0.3 is 19.4 Å². The Hall–Kier alpha value is -2.41. The highest BCUT2D eigenvalue weighted by atomic mass is 16.5. The molecule has 30 heavy (non-hydrogen) atoms. The van der Waals surface area contributed by atoms with Crippen molar-refractivity contribution in [2.45, 2.75) is 25.5 Å². The van der Waals surface area contributed by atoms with Crippen molar-refractivity contribution in [2.75, 3.05) is 46.4 Å². The third-order valence-corrected chi connectivity index (χ3v) is 6.20. The number of rotatable bonds is 5. The molecular formula is C24H30N4O2. The Morgan fingerprint density at radius 2 is 1.83 bits per heavy atom. The Morgan fingerprint density at radius 3 is 2.60 bits per heavy atom. The molecule has 6 heteroatoms. The van der Waals surface area contributed by atoms with E-state index in [1.165, 1.54) is 11.1 Å². The fourth-order valence-electron chi connectivity index (χ4n) is 4.41. The Labute approximate surface area is 177 Å². The van der Waals surface area contributed by atoms with Crippen LogP contribution in [0.4, 0.5) is 0 Å². The number of pyridine rings is 1. The van der Waals surface area contributed by atoms with Crippen molar-refractivity contribution in [3.8, 4) is 17.0 Å². The van der Waals surface area contributed by atoms with Crippen molar-refractivity contribution in [1.82, 2.24) is 19.8 Å². The fourth-order valence-corrected chi connectivity index (χ4v) is 4.41. The summed E-state index contributed by atoms with van der Waals surface area (Å²) in [7, 11) is 2.17. The number of likely N-dealkylation sites (tertiary alicyclic amines) is 1. The number of ether oxygens (including phenoxy) is 2. The van der Waals surface area contributed by atoms with Gasteiger partial charge in [0.2, 0.25) is 0 Å². The van der Waals surface area contributed by atoms with Crippen LogP contribution < -0.4 is 4.74 Å². The number of hydrogen-bond donors (Lipinski definition) is 1. The molecule has 5 rings (SSSR count). The third kappa shape index (κ3) is 4.36. The molecule has 6 nitrogen and oxygen atoms in total. The number of morpholine rings is 1. The largest absolute Gasteiger partial charge is 0.490 e. The zero-order chi connectivity index (χ0) is 20.3. The van der Waals surface area contributed by atoms with E-state index in [4.69, 9.17) is 14.5 Å². The summed E-state index contributed by atoms with van der Waals surface area (Å²) < 4.78 is 11.7. The first kappa shape index (κ1) is 19.5. The number of nitrogens with one attached hydrogen (secondary N) is 1. The maximum absolute atomic E-state index is 6.20. The topological polar surface area (TPSA) is 53.6 Å². The van der Waals surface area contributed by atoms with Gasteiger partial charge in [-0.1, -0.05) is 0 Å². The van der Waals surface area contributed by atoms with Crippen LogP contribution in [0.1, 0.15) is 18.5 Å². The zero-order valence-corrected chi connectivity index (χ0v) is 17.6. The number of aromatic nitrogens is 2. The Kier molecular flexibility index (Phi) is 5.71. The number of fused-ring (bicyclic) bond motifs is 1. The maximum Gasteiger partial charge on any atom is 0.119 e. The average molecular weight is 407 g/mol. The minimum atomic E-state index is 0.320. The molecule has 4 heterocycles. The smallest absolute Gasteiger partial charge is 0.119 e. The monoisotopic (exact) mass is 406 g/mol. The van der Waals surface area contributed by atoms with Crippen molar-refractivity contribution in [1.29, 1.82) is 0 Å². The Bertz CT molecular complexity index is 971. The van der Waals surface area contributed by atoms with Crippen molar-refractivity contribution in [3.05, 3.63) is 48.3 Å². The summed E-state index contributed by atoms with van der Waals surface area (Å²) in [5.41, 5.74) is 4.49. The van der Waals surface area contributed by atoms with E-state index in [1.54, 1.807) is 0 Å². The summed E-state index contributed by atoms with van der Waals surface area (Å²) in [6.45, 7) is 6.74. The van der Waals surface area contributed by atoms with Gasteiger partial charge in [0.15, 0.2) is 0 Å². The predicted molar refractivity (Wildman–Crippen MR) is 119 cm³/mol. The minimum absolute atomic E-state index is 0.320. The van der Waals surface area contributed by atoms with Gasteiger partial charge in [-0.15, -0.1) is 0 Å². The number of benzene rings is 1. The van der Waals surface area contributed by atoms with Crippen LogP contribution in [0.15, 0.2) is 42.6 Å². The molecule has 2 aromatic heterocycles. The Balaban J connectivity index is 1.32. The SMILES string of the molecule is CN1CCC(Oc2ccc(-c3nccc4[nH]c(CN5CCOCC5)cc34)cc2)CC1. The van der Waals surface area contributed by atoms with Gasteiger partial charge in [-0.25, -0.2) is 0 Å². The summed E-state index contributed by atoms with van der Waals surface area (Å²) in [4.78, 5) is 13.0. The van der Waals surface area contributed by atoms with Crippen molar-refractivity contribution in [3.63, 3.8) is 0 Å². The van der Waals surface area contributed by atoms with E-state index in [2.05, 4.69) is 58.2 Å². The zero-order valence-electron chi connectivity index (χ0n) is 17.6. The van der Waals surface area contributed by atoms with Gasteiger partial charge in [0, 0.05) is 61.1 Å². The standard InChI is InChI=1S/C24H30N4O2/c1-27-10-7-21(8-11-27)30-20-4-2-18(3-5-20)24-22-16-19(26-23(22)6-9-25-24)17-28-12-14-29-15-13-28/h2-6,9,16,21,26H,7-8,10-15,17H2,1H3. The molecule has 1 aromatic carbocycles. The highest BCUT2D eigenvalue weighted by molar-refractivity contribution is 5.93. The van der Waals surface area contributed by atoms with Crippen LogP contribution >= 0.6 is 0 Å². The molecule has 0 atom stereocenters. The number of hydrogen-bond acceptors (Lipinski definition) is 5. The molecule has 2 fully saturated rings. The molecule has 0 radical (unpaired) electrons. The lowest BCUT2D eigenvalue weighted by Gasteiger charge is -2.29. The van der Waals surface area contributed by atoms with E-state index < -0.39 is 0 Å². The van der Waals surface area contributed by atoms with Crippen LogP contribution in [0.3, 0.4) is 0 Å². The van der Waals surface area contributed by atoms with Crippen molar-refractivity contribution >= 4 is 10.9 Å². The number of nitrogens with zero attached hydrogens (tertiary/aromatic N) is 3. The molecular weight excluding hydrogens is 376 g/mol. The molecule has 0 unspecified atom stereocenters. The first-order valence-corrected chi connectivity index (χ1v) is 11.0. The highest BCUT2D eigenvalue weighted by Gasteiger charge is 2.18. The lowest BCUT2D eigenvalue weighted by Crippen LogP contribution is -2.35. The normalized spacial score (nSPS) is 19.4. The molecule has 2 saturated heterocycles. The predicted octanol–water partition coefficient (Wildman–Crippen LogP) is 3.54. The van der Waals surface area contributed by atoms with Crippen LogP contribution in [0.25, 0.3) is 22.2 Å². The summed E-state index contributed by atoms with van der Waals surface area (Å²) in [6, 6.07) is 12.7. The van der Waals surface area contributed by atoms with Gasteiger partial charge in [0.25, 0.3) is 0 Å². The van der Waals surface area contributed by atoms with Crippen LogP contribution in [0, 0.1) is 0 Å². The highest BCUT2D eigenvalue weighted by Crippen LogP contribution is 2.29. The van der Waals surface area contributed by atoms with Gasteiger partial charge in [0.1, 0.15) is 11.9 Å². The molecule has 2 aliphatic rings. The summed E-state index contributed by atoms with van der Waals surface area (Å²) in [5, 5.41) is 1.17. The third-order valence-electron chi connectivity index (χ3n) is 6.20. The van der Waals surface area contributed by atoms with Crippen LogP contribution in [0.2, 0.25) is 0 Å². The van der Waals surface area contributed by atoms with Gasteiger partial charge in [-0.2, -0.15) is 0 Å². The molecule has 0 spiro atoms. The van der Waals surface area contributed by atoms with Gasteiger partial charge >= 0.3 is 0 Å². The number of piperidine rings is 1. The van der Waals surface area contributed by atoms with E-state index in [0.29, 0.717) is 6.10 Å². The second kappa shape index (κ2) is 8.76.